The lowest BCUT2D eigenvalue weighted by Gasteiger charge is -2.31. The molecule has 0 bridgehead atoms. The van der Waals surface area contributed by atoms with Gasteiger partial charge in [0, 0.05) is 31.0 Å². The molecule has 1 aliphatic rings. The van der Waals surface area contributed by atoms with E-state index in [2.05, 4.69) is 17.2 Å². The molecule has 1 heterocycles. The summed E-state index contributed by atoms with van der Waals surface area (Å²) in [6.45, 7) is 4.94. The van der Waals surface area contributed by atoms with Crippen molar-refractivity contribution in [3.8, 4) is 0 Å². The molecule has 0 unspecified atom stereocenters. The summed E-state index contributed by atoms with van der Waals surface area (Å²) in [5, 5.41) is 5.48. The van der Waals surface area contributed by atoms with Gasteiger partial charge in [-0.3, -0.25) is 9.59 Å². The van der Waals surface area contributed by atoms with Crippen LogP contribution in [0.5, 0.6) is 0 Å². The van der Waals surface area contributed by atoms with Crippen LogP contribution in [-0.2, 0) is 9.53 Å². The van der Waals surface area contributed by atoms with E-state index < -0.39 is 5.54 Å². The number of amides is 2. The molecule has 1 aliphatic heterocycles. The molecule has 1 aromatic rings. The van der Waals surface area contributed by atoms with Gasteiger partial charge in [0.05, 0.1) is 0 Å². The summed E-state index contributed by atoms with van der Waals surface area (Å²) in [5.74, 6) is -0.405. The Balaban J connectivity index is 1.97. The van der Waals surface area contributed by atoms with Gasteiger partial charge in [0.15, 0.2) is 0 Å². The Morgan fingerprint density at radius 2 is 1.91 bits per heavy atom. The number of benzene rings is 1. The standard InChI is InChI=1S/C16H21N3O3/c1-2-9-18-14(20)12-3-5-13(6-4-12)19-15(21)16(17)7-10-22-11-8-16/h2-6H,1,7-11,17H2,(H,18,20)(H,19,21). The number of rotatable bonds is 5. The molecule has 4 N–H and O–H groups in total. The third-order valence-corrected chi connectivity index (χ3v) is 3.65. The Labute approximate surface area is 129 Å². The van der Waals surface area contributed by atoms with Crippen LogP contribution in [0.1, 0.15) is 23.2 Å². The molecular weight excluding hydrogens is 282 g/mol. The van der Waals surface area contributed by atoms with Crippen LogP contribution < -0.4 is 16.4 Å². The van der Waals surface area contributed by atoms with Crippen molar-refractivity contribution in [2.45, 2.75) is 18.4 Å². The summed E-state index contributed by atoms with van der Waals surface area (Å²) in [7, 11) is 0. The number of nitrogens with two attached hydrogens (primary N) is 1. The van der Waals surface area contributed by atoms with Crippen molar-refractivity contribution in [3.05, 3.63) is 42.5 Å². The first-order chi connectivity index (χ1) is 10.5. The maximum Gasteiger partial charge on any atom is 0.251 e. The Kier molecular flexibility index (Phi) is 5.30. The third kappa shape index (κ3) is 3.93. The SMILES string of the molecule is C=CCNC(=O)c1ccc(NC(=O)C2(N)CCOCC2)cc1. The first kappa shape index (κ1) is 16.2. The zero-order valence-electron chi connectivity index (χ0n) is 12.4. The van der Waals surface area contributed by atoms with Gasteiger partial charge in [-0.1, -0.05) is 6.08 Å². The van der Waals surface area contributed by atoms with Crippen molar-refractivity contribution in [1.82, 2.24) is 5.32 Å². The summed E-state index contributed by atoms with van der Waals surface area (Å²) < 4.78 is 5.23. The first-order valence-corrected chi connectivity index (χ1v) is 7.22. The van der Waals surface area contributed by atoms with Gasteiger partial charge in [-0.2, -0.15) is 0 Å². The van der Waals surface area contributed by atoms with Gasteiger partial charge >= 0.3 is 0 Å². The smallest absolute Gasteiger partial charge is 0.251 e. The predicted molar refractivity (Wildman–Crippen MR) is 84.6 cm³/mol. The van der Waals surface area contributed by atoms with E-state index in [0.29, 0.717) is 43.9 Å². The quantitative estimate of drug-likeness (QED) is 0.709. The number of carbonyl (C=O) groups excluding carboxylic acids is 2. The Bertz CT molecular complexity index is 548. The molecule has 118 valence electrons. The van der Waals surface area contributed by atoms with E-state index in [1.54, 1.807) is 30.3 Å². The van der Waals surface area contributed by atoms with Crippen LogP contribution in [0.3, 0.4) is 0 Å². The Morgan fingerprint density at radius 3 is 2.50 bits per heavy atom. The van der Waals surface area contributed by atoms with E-state index in [1.807, 2.05) is 0 Å². The zero-order chi connectivity index (χ0) is 16.0. The Hall–Kier alpha value is -2.18. The van der Waals surface area contributed by atoms with E-state index in [4.69, 9.17) is 10.5 Å². The average molecular weight is 303 g/mol. The predicted octanol–water partition coefficient (Wildman–Crippen LogP) is 1.05. The van der Waals surface area contributed by atoms with Crippen LogP contribution in [0, 0.1) is 0 Å². The zero-order valence-corrected chi connectivity index (χ0v) is 12.4. The van der Waals surface area contributed by atoms with Crippen molar-refractivity contribution in [2.75, 3.05) is 25.1 Å². The summed E-state index contributed by atoms with van der Waals surface area (Å²) in [6.07, 6.45) is 2.61. The summed E-state index contributed by atoms with van der Waals surface area (Å²) in [4.78, 5) is 24.0. The molecule has 1 saturated heterocycles. The monoisotopic (exact) mass is 303 g/mol. The molecule has 6 heteroatoms. The minimum absolute atomic E-state index is 0.183. The summed E-state index contributed by atoms with van der Waals surface area (Å²) in [6, 6.07) is 6.68. The fourth-order valence-electron chi connectivity index (χ4n) is 2.19. The number of carbonyl (C=O) groups is 2. The first-order valence-electron chi connectivity index (χ1n) is 7.22. The van der Waals surface area contributed by atoms with Crippen molar-refractivity contribution < 1.29 is 14.3 Å². The fraction of sp³-hybridized carbons (Fsp3) is 0.375. The lowest BCUT2D eigenvalue weighted by atomic mass is 9.90. The molecule has 0 saturated carbocycles. The van der Waals surface area contributed by atoms with Crippen LogP contribution >= 0.6 is 0 Å². The molecule has 1 aromatic carbocycles. The number of hydrogen-bond donors (Lipinski definition) is 3. The highest BCUT2D eigenvalue weighted by atomic mass is 16.5. The lowest BCUT2D eigenvalue weighted by Crippen LogP contribution is -2.54. The molecular formula is C16H21N3O3. The minimum atomic E-state index is -0.891. The third-order valence-electron chi connectivity index (χ3n) is 3.65. The highest BCUT2D eigenvalue weighted by Crippen LogP contribution is 2.20. The van der Waals surface area contributed by atoms with Crippen LogP contribution in [0.2, 0.25) is 0 Å². The van der Waals surface area contributed by atoms with Gasteiger partial charge in [0.2, 0.25) is 5.91 Å². The number of nitrogens with one attached hydrogen (secondary N) is 2. The molecule has 0 aromatic heterocycles. The van der Waals surface area contributed by atoms with Crippen molar-refractivity contribution in [1.29, 1.82) is 0 Å². The second-order valence-electron chi connectivity index (χ2n) is 5.30. The van der Waals surface area contributed by atoms with E-state index in [1.165, 1.54) is 0 Å². The summed E-state index contributed by atoms with van der Waals surface area (Å²) >= 11 is 0. The van der Waals surface area contributed by atoms with E-state index in [-0.39, 0.29) is 11.8 Å². The second-order valence-corrected chi connectivity index (χ2v) is 5.30. The Morgan fingerprint density at radius 1 is 1.27 bits per heavy atom. The molecule has 22 heavy (non-hydrogen) atoms. The molecule has 0 spiro atoms. The molecule has 2 rings (SSSR count). The molecule has 0 radical (unpaired) electrons. The van der Waals surface area contributed by atoms with E-state index >= 15 is 0 Å². The minimum Gasteiger partial charge on any atom is -0.381 e. The maximum atomic E-state index is 12.3. The largest absolute Gasteiger partial charge is 0.381 e. The van der Waals surface area contributed by atoms with Crippen LogP contribution in [-0.4, -0.2) is 37.1 Å². The molecule has 6 nitrogen and oxygen atoms in total. The van der Waals surface area contributed by atoms with Gasteiger partial charge in [-0.15, -0.1) is 6.58 Å². The van der Waals surface area contributed by atoms with E-state index in [0.717, 1.165) is 0 Å². The van der Waals surface area contributed by atoms with Crippen LogP contribution in [0.4, 0.5) is 5.69 Å². The number of hydrogen-bond acceptors (Lipinski definition) is 4. The highest BCUT2D eigenvalue weighted by molar-refractivity contribution is 5.99. The van der Waals surface area contributed by atoms with Gasteiger partial charge in [-0.25, -0.2) is 0 Å². The molecule has 1 fully saturated rings. The van der Waals surface area contributed by atoms with Gasteiger partial charge in [-0.05, 0) is 37.1 Å². The van der Waals surface area contributed by atoms with E-state index in [9.17, 15) is 9.59 Å². The maximum absolute atomic E-state index is 12.3. The van der Waals surface area contributed by atoms with Gasteiger partial charge in [0.1, 0.15) is 5.54 Å². The highest BCUT2D eigenvalue weighted by Gasteiger charge is 2.35. The second kappa shape index (κ2) is 7.20. The fourth-order valence-corrected chi connectivity index (χ4v) is 2.19. The normalized spacial score (nSPS) is 16.6. The molecule has 0 aliphatic carbocycles. The van der Waals surface area contributed by atoms with Gasteiger partial charge in [0.25, 0.3) is 5.91 Å². The number of ether oxygens (including phenoxy) is 1. The van der Waals surface area contributed by atoms with Gasteiger partial charge < -0.3 is 21.1 Å². The molecule has 0 atom stereocenters. The number of anilines is 1. The van der Waals surface area contributed by atoms with Crippen molar-refractivity contribution in [3.63, 3.8) is 0 Å². The molecule has 2 amide bonds. The lowest BCUT2D eigenvalue weighted by molar-refractivity contribution is -0.124. The topological polar surface area (TPSA) is 93.5 Å². The van der Waals surface area contributed by atoms with Crippen LogP contribution in [0.25, 0.3) is 0 Å². The van der Waals surface area contributed by atoms with Crippen molar-refractivity contribution in [2.24, 2.45) is 5.73 Å². The van der Waals surface area contributed by atoms with Crippen molar-refractivity contribution >= 4 is 17.5 Å². The van der Waals surface area contributed by atoms with Crippen LogP contribution in [0.15, 0.2) is 36.9 Å². The average Bonchev–Trinajstić information content (AvgIpc) is 2.54. The summed E-state index contributed by atoms with van der Waals surface area (Å²) in [5.41, 5.74) is 6.36.